The van der Waals surface area contributed by atoms with E-state index in [1.54, 1.807) is 6.07 Å². The summed E-state index contributed by atoms with van der Waals surface area (Å²) < 4.78 is 9.83. The third-order valence-electron chi connectivity index (χ3n) is 2.97. The molecule has 0 heterocycles. The molecule has 0 radical (unpaired) electrons. The second kappa shape index (κ2) is 7.90. The normalized spacial score (nSPS) is 10.1. The third-order valence-corrected chi connectivity index (χ3v) is 3.50. The highest BCUT2D eigenvalue weighted by molar-refractivity contribution is 6.35. The van der Waals surface area contributed by atoms with E-state index < -0.39 is 11.9 Å². The van der Waals surface area contributed by atoms with Crippen molar-refractivity contribution < 1.29 is 24.2 Å². The third kappa shape index (κ3) is 4.31. The van der Waals surface area contributed by atoms with E-state index in [4.69, 9.17) is 27.9 Å². The molecule has 1 amide bonds. The molecule has 0 fully saturated rings. The van der Waals surface area contributed by atoms with E-state index >= 15 is 0 Å². The zero-order valence-corrected chi connectivity index (χ0v) is 14.0. The van der Waals surface area contributed by atoms with Gasteiger partial charge in [-0.25, -0.2) is 4.79 Å². The van der Waals surface area contributed by atoms with Gasteiger partial charge in [0.15, 0.2) is 12.4 Å². The minimum atomic E-state index is -0.715. The highest BCUT2D eigenvalue weighted by Gasteiger charge is 2.16. The summed E-state index contributed by atoms with van der Waals surface area (Å²) in [5.74, 6) is -1.35. The smallest absolute Gasteiger partial charge is 0.341 e. The first-order valence-corrected chi connectivity index (χ1v) is 7.46. The van der Waals surface area contributed by atoms with Crippen molar-refractivity contribution in [2.24, 2.45) is 0 Å². The fourth-order valence-corrected chi connectivity index (χ4v) is 2.30. The van der Waals surface area contributed by atoms with Gasteiger partial charge in [-0.05, 0) is 30.3 Å². The Morgan fingerprint density at radius 1 is 1.21 bits per heavy atom. The number of ether oxygens (including phenoxy) is 2. The Morgan fingerprint density at radius 3 is 2.62 bits per heavy atom. The molecule has 0 aromatic heterocycles. The summed E-state index contributed by atoms with van der Waals surface area (Å²) in [7, 11) is 1.19. The number of carbonyl (C=O) groups excluding carboxylic acids is 2. The van der Waals surface area contributed by atoms with Crippen LogP contribution >= 0.6 is 23.2 Å². The molecule has 0 aliphatic rings. The first-order chi connectivity index (χ1) is 11.4. The van der Waals surface area contributed by atoms with Crippen LogP contribution in [-0.4, -0.2) is 30.7 Å². The number of amides is 1. The molecular weight excluding hydrogens is 357 g/mol. The standard InChI is InChI=1S/C16H13Cl2NO5/c1-23-16(22)10-3-2-4-12(15(10)21)19-14(20)8-24-13-6-5-9(17)7-11(13)18/h2-7,21H,8H2,1H3,(H,19,20). The van der Waals surface area contributed by atoms with Gasteiger partial charge in [-0.2, -0.15) is 0 Å². The van der Waals surface area contributed by atoms with E-state index in [1.165, 1.54) is 37.4 Å². The highest BCUT2D eigenvalue weighted by atomic mass is 35.5. The second-order valence-corrected chi connectivity index (χ2v) is 5.45. The number of halogens is 2. The van der Waals surface area contributed by atoms with Crippen molar-refractivity contribution in [3.63, 3.8) is 0 Å². The molecule has 0 bridgehead atoms. The van der Waals surface area contributed by atoms with E-state index in [0.717, 1.165) is 0 Å². The van der Waals surface area contributed by atoms with Crippen molar-refractivity contribution in [2.45, 2.75) is 0 Å². The van der Waals surface area contributed by atoms with Crippen molar-refractivity contribution in [1.82, 2.24) is 0 Å². The van der Waals surface area contributed by atoms with Crippen LogP contribution in [0.4, 0.5) is 5.69 Å². The number of phenolic OH excluding ortho intramolecular Hbond substituents is 1. The van der Waals surface area contributed by atoms with Crippen molar-refractivity contribution in [3.8, 4) is 11.5 Å². The number of benzene rings is 2. The highest BCUT2D eigenvalue weighted by Crippen LogP contribution is 2.29. The van der Waals surface area contributed by atoms with Crippen LogP contribution in [0.2, 0.25) is 10.0 Å². The van der Waals surface area contributed by atoms with Gasteiger partial charge in [0, 0.05) is 5.02 Å². The zero-order chi connectivity index (χ0) is 17.7. The van der Waals surface area contributed by atoms with Crippen LogP contribution in [0.3, 0.4) is 0 Å². The molecule has 6 nitrogen and oxygen atoms in total. The van der Waals surface area contributed by atoms with Crippen molar-refractivity contribution in [3.05, 3.63) is 52.0 Å². The lowest BCUT2D eigenvalue weighted by atomic mass is 10.1. The summed E-state index contributed by atoms with van der Waals surface area (Å²) in [5.41, 5.74) is 0.00525. The van der Waals surface area contributed by atoms with Gasteiger partial charge in [0.05, 0.1) is 17.8 Å². The van der Waals surface area contributed by atoms with Crippen LogP contribution in [0.25, 0.3) is 0 Å². The molecule has 0 aliphatic heterocycles. The van der Waals surface area contributed by atoms with E-state index in [1.807, 2.05) is 0 Å². The van der Waals surface area contributed by atoms with Crippen LogP contribution < -0.4 is 10.1 Å². The maximum absolute atomic E-state index is 11.9. The second-order valence-electron chi connectivity index (χ2n) is 4.60. The summed E-state index contributed by atoms with van der Waals surface area (Å²) >= 11 is 11.7. The van der Waals surface area contributed by atoms with Crippen LogP contribution in [0.1, 0.15) is 10.4 Å². The molecule has 2 rings (SSSR count). The van der Waals surface area contributed by atoms with Crippen LogP contribution in [0.15, 0.2) is 36.4 Å². The molecular formula is C16H13Cl2NO5. The molecule has 0 aliphatic carbocycles. The van der Waals surface area contributed by atoms with Gasteiger partial charge in [0.1, 0.15) is 11.3 Å². The Bertz CT molecular complexity index is 779. The number of rotatable bonds is 5. The maximum Gasteiger partial charge on any atom is 0.341 e. The number of anilines is 1. The fraction of sp³-hybridized carbons (Fsp3) is 0.125. The summed E-state index contributed by atoms with van der Waals surface area (Å²) in [6, 6.07) is 8.91. The lowest BCUT2D eigenvalue weighted by Crippen LogP contribution is -2.20. The Kier molecular flexibility index (Phi) is 5.89. The monoisotopic (exact) mass is 369 g/mol. The van der Waals surface area contributed by atoms with E-state index in [-0.39, 0.29) is 28.6 Å². The summed E-state index contributed by atoms with van der Waals surface area (Å²) in [6.07, 6.45) is 0. The molecule has 2 N–H and O–H groups in total. The molecule has 8 heteroatoms. The van der Waals surface area contributed by atoms with Gasteiger partial charge in [-0.15, -0.1) is 0 Å². The Labute approximate surface area is 147 Å². The van der Waals surface area contributed by atoms with Gasteiger partial charge < -0.3 is 19.9 Å². The lowest BCUT2D eigenvalue weighted by Gasteiger charge is -2.11. The predicted octanol–water partition coefficient (Wildman–Crippen LogP) is 3.50. The number of nitrogens with one attached hydrogen (secondary N) is 1. The van der Waals surface area contributed by atoms with Gasteiger partial charge in [-0.1, -0.05) is 29.3 Å². The minimum absolute atomic E-state index is 0.0584. The average molecular weight is 370 g/mol. The van der Waals surface area contributed by atoms with Crippen LogP contribution in [0.5, 0.6) is 11.5 Å². The van der Waals surface area contributed by atoms with Crippen molar-refractivity contribution in [1.29, 1.82) is 0 Å². The molecule has 0 atom stereocenters. The minimum Gasteiger partial charge on any atom is -0.505 e. The van der Waals surface area contributed by atoms with Gasteiger partial charge in [0.25, 0.3) is 5.91 Å². The number of methoxy groups -OCH3 is 1. The number of carbonyl (C=O) groups is 2. The van der Waals surface area contributed by atoms with Crippen molar-refractivity contribution >= 4 is 40.8 Å². The van der Waals surface area contributed by atoms with E-state index in [2.05, 4.69) is 10.1 Å². The van der Waals surface area contributed by atoms with E-state index in [9.17, 15) is 14.7 Å². The molecule has 2 aromatic rings. The topological polar surface area (TPSA) is 84.9 Å². The van der Waals surface area contributed by atoms with Crippen LogP contribution in [0, 0.1) is 0 Å². The molecule has 126 valence electrons. The number of esters is 1. The number of aromatic hydroxyl groups is 1. The Hall–Kier alpha value is -2.44. The summed E-state index contributed by atoms with van der Waals surface area (Å²) in [6.45, 7) is -0.344. The first-order valence-electron chi connectivity index (χ1n) is 6.70. The Morgan fingerprint density at radius 2 is 1.96 bits per heavy atom. The molecule has 2 aromatic carbocycles. The molecule has 24 heavy (non-hydrogen) atoms. The van der Waals surface area contributed by atoms with Crippen LogP contribution in [-0.2, 0) is 9.53 Å². The zero-order valence-electron chi connectivity index (χ0n) is 12.5. The lowest BCUT2D eigenvalue weighted by molar-refractivity contribution is -0.118. The number of hydrogen-bond donors (Lipinski definition) is 2. The number of para-hydroxylation sites is 1. The molecule has 0 saturated carbocycles. The average Bonchev–Trinajstić information content (AvgIpc) is 2.55. The summed E-state index contributed by atoms with van der Waals surface area (Å²) in [5, 5.41) is 13.2. The molecule has 0 unspecified atom stereocenters. The number of phenols is 1. The first kappa shape index (κ1) is 17.9. The SMILES string of the molecule is COC(=O)c1cccc(NC(=O)COc2ccc(Cl)cc2Cl)c1O. The van der Waals surface area contributed by atoms with E-state index in [0.29, 0.717) is 10.8 Å². The largest absolute Gasteiger partial charge is 0.505 e. The quantitative estimate of drug-likeness (QED) is 0.622. The van der Waals surface area contributed by atoms with Crippen molar-refractivity contribution in [2.75, 3.05) is 19.0 Å². The summed E-state index contributed by atoms with van der Waals surface area (Å²) in [4.78, 5) is 23.4. The predicted molar refractivity (Wildman–Crippen MR) is 90.0 cm³/mol. The van der Waals surface area contributed by atoms with Gasteiger partial charge in [-0.3, -0.25) is 4.79 Å². The number of hydrogen-bond acceptors (Lipinski definition) is 5. The molecule has 0 saturated heterocycles. The fourth-order valence-electron chi connectivity index (χ4n) is 1.84. The Balaban J connectivity index is 2.03. The maximum atomic E-state index is 11.9. The van der Waals surface area contributed by atoms with Gasteiger partial charge >= 0.3 is 5.97 Å². The van der Waals surface area contributed by atoms with Gasteiger partial charge in [0.2, 0.25) is 0 Å². The molecule has 0 spiro atoms.